The maximum atomic E-state index is 13.9. The Morgan fingerprint density at radius 1 is 0.897 bits per heavy atom. The number of nitrogens with zero attached hydrogens (tertiary/aromatic N) is 1. The lowest BCUT2D eigenvalue weighted by Gasteiger charge is -2.31. The smallest absolute Gasteiger partial charge is 0.226 e. The average molecular weight is 393 g/mol. The maximum Gasteiger partial charge on any atom is 0.226 e. The van der Waals surface area contributed by atoms with Crippen molar-refractivity contribution in [1.82, 2.24) is 4.90 Å². The molecular formula is C24H21F2NO2. The van der Waals surface area contributed by atoms with Gasteiger partial charge in [-0.3, -0.25) is 9.59 Å². The first-order valence-electron chi connectivity index (χ1n) is 9.76. The first-order chi connectivity index (χ1) is 14.0. The number of piperidine rings is 1. The zero-order chi connectivity index (χ0) is 20.4. The van der Waals surface area contributed by atoms with E-state index < -0.39 is 17.6 Å². The molecule has 0 N–H and O–H groups in total. The molecule has 0 aliphatic carbocycles. The van der Waals surface area contributed by atoms with Crippen molar-refractivity contribution in [2.45, 2.75) is 19.3 Å². The van der Waals surface area contributed by atoms with Crippen molar-refractivity contribution in [3.63, 3.8) is 0 Å². The number of hydrogen-bond acceptors (Lipinski definition) is 2. The van der Waals surface area contributed by atoms with Gasteiger partial charge in [0, 0.05) is 19.0 Å². The highest BCUT2D eigenvalue weighted by Crippen LogP contribution is 2.24. The summed E-state index contributed by atoms with van der Waals surface area (Å²) in [6, 6.07) is 16.9. The number of ketones is 1. The Bertz CT molecular complexity index is 1070. The molecule has 0 radical (unpaired) electrons. The van der Waals surface area contributed by atoms with E-state index in [9.17, 15) is 18.4 Å². The fourth-order valence-corrected chi connectivity index (χ4v) is 3.93. The molecule has 1 amide bonds. The second kappa shape index (κ2) is 8.11. The standard InChI is InChI=1S/C24H21F2NO2/c25-20-7-8-22(26)21(15-20)24(29)18-9-11-27(12-10-18)23(28)14-16-5-6-17-3-1-2-4-19(17)13-16/h1-8,13,15,18H,9-12,14H2. The van der Waals surface area contributed by atoms with Crippen LogP contribution in [0.2, 0.25) is 0 Å². The summed E-state index contributed by atoms with van der Waals surface area (Å²) < 4.78 is 27.3. The minimum absolute atomic E-state index is 0.0168. The molecule has 29 heavy (non-hydrogen) atoms. The van der Waals surface area contributed by atoms with Crippen LogP contribution in [-0.4, -0.2) is 29.7 Å². The van der Waals surface area contributed by atoms with E-state index in [0.717, 1.165) is 34.5 Å². The lowest BCUT2D eigenvalue weighted by atomic mass is 9.88. The molecule has 1 aliphatic rings. The molecule has 1 fully saturated rings. The third kappa shape index (κ3) is 4.19. The third-order valence-electron chi connectivity index (χ3n) is 5.58. The van der Waals surface area contributed by atoms with Gasteiger partial charge in [-0.05, 0) is 47.4 Å². The molecule has 0 unspecified atom stereocenters. The molecular weight excluding hydrogens is 372 g/mol. The van der Waals surface area contributed by atoms with Crippen molar-refractivity contribution >= 4 is 22.5 Å². The Labute approximate surface area is 167 Å². The average Bonchev–Trinajstić information content (AvgIpc) is 2.75. The molecule has 1 heterocycles. The summed E-state index contributed by atoms with van der Waals surface area (Å²) in [5, 5.41) is 2.23. The molecule has 5 heteroatoms. The molecule has 3 aromatic carbocycles. The largest absolute Gasteiger partial charge is 0.342 e. The second-order valence-corrected chi connectivity index (χ2v) is 7.50. The topological polar surface area (TPSA) is 37.4 Å². The molecule has 0 aromatic heterocycles. The predicted molar refractivity (Wildman–Crippen MR) is 108 cm³/mol. The van der Waals surface area contributed by atoms with Crippen molar-refractivity contribution in [2.24, 2.45) is 5.92 Å². The number of benzene rings is 3. The van der Waals surface area contributed by atoms with Crippen LogP contribution in [0.25, 0.3) is 10.8 Å². The Kier molecular flexibility index (Phi) is 5.38. The Morgan fingerprint density at radius 3 is 2.38 bits per heavy atom. The highest BCUT2D eigenvalue weighted by molar-refractivity contribution is 5.98. The van der Waals surface area contributed by atoms with Gasteiger partial charge in [0.25, 0.3) is 0 Å². The summed E-state index contributed by atoms with van der Waals surface area (Å²) >= 11 is 0. The minimum atomic E-state index is -0.703. The highest BCUT2D eigenvalue weighted by atomic mass is 19.1. The van der Waals surface area contributed by atoms with E-state index >= 15 is 0 Å². The summed E-state index contributed by atoms with van der Waals surface area (Å²) in [6.45, 7) is 0.888. The van der Waals surface area contributed by atoms with Gasteiger partial charge in [-0.25, -0.2) is 8.78 Å². The van der Waals surface area contributed by atoms with Gasteiger partial charge in [0.15, 0.2) is 5.78 Å². The van der Waals surface area contributed by atoms with Crippen LogP contribution >= 0.6 is 0 Å². The summed E-state index contributed by atoms with van der Waals surface area (Å²) in [5.41, 5.74) is 0.750. The minimum Gasteiger partial charge on any atom is -0.342 e. The maximum absolute atomic E-state index is 13.9. The van der Waals surface area contributed by atoms with Crippen molar-refractivity contribution < 1.29 is 18.4 Å². The van der Waals surface area contributed by atoms with Gasteiger partial charge in [-0.2, -0.15) is 0 Å². The number of carbonyl (C=O) groups excluding carboxylic acids is 2. The molecule has 1 saturated heterocycles. The molecule has 148 valence electrons. The van der Waals surface area contributed by atoms with E-state index in [4.69, 9.17) is 0 Å². The fraction of sp³-hybridized carbons (Fsp3) is 0.250. The van der Waals surface area contributed by atoms with Gasteiger partial charge < -0.3 is 4.90 Å². The molecule has 4 rings (SSSR count). The predicted octanol–water partition coefficient (Wildman–Crippen LogP) is 4.78. The normalized spacial score (nSPS) is 14.9. The number of likely N-dealkylation sites (tertiary alicyclic amines) is 1. The lowest BCUT2D eigenvalue weighted by molar-refractivity contribution is -0.131. The van der Waals surface area contributed by atoms with Gasteiger partial charge in [0.05, 0.1) is 12.0 Å². The molecule has 0 saturated carbocycles. The second-order valence-electron chi connectivity index (χ2n) is 7.50. The van der Waals surface area contributed by atoms with E-state index in [2.05, 4.69) is 0 Å². The number of amides is 1. The Balaban J connectivity index is 1.37. The molecule has 0 bridgehead atoms. The number of fused-ring (bicyclic) bond motifs is 1. The van der Waals surface area contributed by atoms with Gasteiger partial charge >= 0.3 is 0 Å². The van der Waals surface area contributed by atoms with E-state index in [0.29, 0.717) is 32.4 Å². The first-order valence-corrected chi connectivity index (χ1v) is 9.76. The van der Waals surface area contributed by atoms with Crippen LogP contribution in [0.5, 0.6) is 0 Å². The summed E-state index contributed by atoms with van der Waals surface area (Å²) in [6.07, 6.45) is 1.22. The van der Waals surface area contributed by atoms with Gasteiger partial charge in [0.2, 0.25) is 5.91 Å². The first kappa shape index (κ1) is 19.2. The van der Waals surface area contributed by atoms with E-state index in [1.54, 1.807) is 4.90 Å². The molecule has 0 atom stereocenters. The molecule has 3 nitrogen and oxygen atoms in total. The zero-order valence-corrected chi connectivity index (χ0v) is 15.9. The van der Waals surface area contributed by atoms with E-state index in [1.165, 1.54) is 0 Å². The van der Waals surface area contributed by atoms with Crippen molar-refractivity contribution in [1.29, 1.82) is 0 Å². The van der Waals surface area contributed by atoms with Gasteiger partial charge in [-0.1, -0.05) is 42.5 Å². The summed E-state index contributed by atoms with van der Waals surface area (Å²) in [7, 11) is 0. The van der Waals surface area contributed by atoms with E-state index in [1.807, 2.05) is 42.5 Å². The zero-order valence-electron chi connectivity index (χ0n) is 15.9. The Morgan fingerprint density at radius 2 is 1.62 bits per heavy atom. The van der Waals surface area contributed by atoms with Crippen LogP contribution in [-0.2, 0) is 11.2 Å². The molecule has 3 aromatic rings. The van der Waals surface area contributed by atoms with Crippen molar-refractivity contribution in [3.8, 4) is 0 Å². The van der Waals surface area contributed by atoms with Crippen molar-refractivity contribution in [3.05, 3.63) is 83.4 Å². The van der Waals surface area contributed by atoms with Gasteiger partial charge in [0.1, 0.15) is 11.6 Å². The van der Waals surface area contributed by atoms with Crippen molar-refractivity contribution in [2.75, 3.05) is 13.1 Å². The quantitative estimate of drug-likeness (QED) is 0.598. The van der Waals surface area contributed by atoms with Crippen LogP contribution in [0.15, 0.2) is 60.7 Å². The van der Waals surface area contributed by atoms with Crippen LogP contribution < -0.4 is 0 Å². The number of carbonyl (C=O) groups is 2. The van der Waals surface area contributed by atoms with Gasteiger partial charge in [-0.15, -0.1) is 0 Å². The van der Waals surface area contributed by atoms with Crippen LogP contribution in [0, 0.1) is 17.6 Å². The lowest BCUT2D eigenvalue weighted by Crippen LogP contribution is -2.41. The molecule has 1 aliphatic heterocycles. The SMILES string of the molecule is O=C(c1cc(F)ccc1F)C1CCN(C(=O)Cc2ccc3ccccc3c2)CC1. The fourth-order valence-electron chi connectivity index (χ4n) is 3.93. The highest BCUT2D eigenvalue weighted by Gasteiger charge is 2.29. The monoisotopic (exact) mass is 393 g/mol. The molecule has 0 spiro atoms. The van der Waals surface area contributed by atoms with Crippen LogP contribution in [0.3, 0.4) is 0 Å². The number of rotatable bonds is 4. The Hall–Kier alpha value is -3.08. The number of halogens is 2. The van der Waals surface area contributed by atoms with Crippen LogP contribution in [0.1, 0.15) is 28.8 Å². The summed E-state index contributed by atoms with van der Waals surface area (Å²) in [5.74, 6) is -2.09. The third-order valence-corrected chi connectivity index (χ3v) is 5.58. The number of hydrogen-bond donors (Lipinski definition) is 0. The van der Waals surface area contributed by atoms with Crippen LogP contribution in [0.4, 0.5) is 8.78 Å². The summed E-state index contributed by atoms with van der Waals surface area (Å²) in [4.78, 5) is 27.0. The van der Waals surface area contributed by atoms with E-state index in [-0.39, 0.29) is 17.3 Å². The number of Topliss-reactive ketones (excluding diaryl/α,β-unsaturated/α-hetero) is 1.